The van der Waals surface area contributed by atoms with E-state index in [-0.39, 0.29) is 0 Å². The Kier molecular flexibility index (Phi) is 3.84. The average molecular weight is 113 g/mol. The van der Waals surface area contributed by atoms with Crippen molar-refractivity contribution in [2.24, 2.45) is 7.05 Å². The molecule has 3 nitrogen and oxygen atoms in total. The standard InChI is InChI=1S/C3H5N3.C2H6/c1-6-3-2-4-5-6;1-2/h2-3H,1H3;1-2H3. The fraction of sp³-hybridized carbons (Fsp3) is 0.600. The van der Waals surface area contributed by atoms with Gasteiger partial charge in [-0.1, -0.05) is 19.1 Å². The summed E-state index contributed by atoms with van der Waals surface area (Å²) in [5.41, 5.74) is 0. The number of hydrogen-bond acceptors (Lipinski definition) is 2. The number of aryl methyl sites for hydroxylation is 1. The maximum Gasteiger partial charge on any atom is 0.0692 e. The summed E-state index contributed by atoms with van der Waals surface area (Å²) < 4.78 is 1.64. The number of rotatable bonds is 0. The molecule has 0 radical (unpaired) electrons. The second kappa shape index (κ2) is 4.30. The molecule has 0 unspecified atom stereocenters. The van der Waals surface area contributed by atoms with Crippen molar-refractivity contribution >= 4 is 0 Å². The van der Waals surface area contributed by atoms with Crippen LogP contribution in [0.3, 0.4) is 0 Å². The topological polar surface area (TPSA) is 30.7 Å². The number of hydrogen-bond donors (Lipinski definition) is 0. The summed E-state index contributed by atoms with van der Waals surface area (Å²) in [6, 6.07) is 0. The molecule has 0 atom stereocenters. The van der Waals surface area contributed by atoms with Gasteiger partial charge in [0.15, 0.2) is 0 Å². The highest BCUT2D eigenvalue weighted by Crippen LogP contribution is 1.66. The molecule has 1 heterocycles. The molecule has 0 amide bonds. The van der Waals surface area contributed by atoms with E-state index in [0.717, 1.165) is 0 Å². The van der Waals surface area contributed by atoms with Crippen LogP contribution in [0.15, 0.2) is 12.4 Å². The predicted octanol–water partition coefficient (Wildman–Crippen LogP) is 0.841. The zero-order chi connectivity index (χ0) is 6.41. The summed E-state index contributed by atoms with van der Waals surface area (Å²) in [6.45, 7) is 4.00. The van der Waals surface area contributed by atoms with Gasteiger partial charge in [0.1, 0.15) is 0 Å². The van der Waals surface area contributed by atoms with Crippen LogP contribution in [0.5, 0.6) is 0 Å². The highest BCUT2D eigenvalue weighted by molar-refractivity contribution is 4.59. The number of aromatic nitrogens is 3. The molecule has 1 aromatic rings. The Bertz CT molecular complexity index is 111. The Hall–Kier alpha value is -0.860. The van der Waals surface area contributed by atoms with E-state index in [2.05, 4.69) is 10.3 Å². The van der Waals surface area contributed by atoms with Crippen LogP contribution < -0.4 is 0 Å². The van der Waals surface area contributed by atoms with Crippen molar-refractivity contribution in [2.45, 2.75) is 13.8 Å². The van der Waals surface area contributed by atoms with Gasteiger partial charge in [-0.2, -0.15) is 0 Å². The lowest BCUT2D eigenvalue weighted by atomic mass is 10.9. The van der Waals surface area contributed by atoms with Gasteiger partial charge in [-0.05, 0) is 0 Å². The quantitative estimate of drug-likeness (QED) is 0.499. The van der Waals surface area contributed by atoms with E-state index in [1.54, 1.807) is 17.1 Å². The largest absolute Gasteiger partial charge is 0.256 e. The zero-order valence-electron chi connectivity index (χ0n) is 5.50. The Balaban J connectivity index is 0.000000222. The van der Waals surface area contributed by atoms with Crippen LogP contribution in [-0.2, 0) is 7.05 Å². The van der Waals surface area contributed by atoms with Crippen LogP contribution in [0.4, 0.5) is 0 Å². The highest BCUT2D eigenvalue weighted by Gasteiger charge is 1.70. The first kappa shape index (κ1) is 7.14. The van der Waals surface area contributed by atoms with Gasteiger partial charge >= 0.3 is 0 Å². The van der Waals surface area contributed by atoms with Crippen molar-refractivity contribution in [3.63, 3.8) is 0 Å². The Morgan fingerprint density at radius 1 is 1.38 bits per heavy atom. The van der Waals surface area contributed by atoms with Crippen LogP contribution in [0, 0.1) is 0 Å². The molecule has 3 heteroatoms. The van der Waals surface area contributed by atoms with Gasteiger partial charge in [0.25, 0.3) is 0 Å². The van der Waals surface area contributed by atoms with E-state index in [0.29, 0.717) is 0 Å². The van der Waals surface area contributed by atoms with E-state index in [1.165, 1.54) is 0 Å². The van der Waals surface area contributed by atoms with Crippen LogP contribution in [0.1, 0.15) is 13.8 Å². The molecule has 0 aliphatic rings. The van der Waals surface area contributed by atoms with Gasteiger partial charge in [-0.25, -0.2) is 0 Å². The smallest absolute Gasteiger partial charge is 0.0692 e. The molecule has 0 saturated carbocycles. The van der Waals surface area contributed by atoms with Gasteiger partial charge in [0.2, 0.25) is 0 Å². The molecule has 0 saturated heterocycles. The average Bonchev–Trinajstić information content (AvgIpc) is 2.24. The van der Waals surface area contributed by atoms with E-state index in [4.69, 9.17) is 0 Å². The maximum atomic E-state index is 3.58. The molecule has 0 aliphatic heterocycles. The van der Waals surface area contributed by atoms with Crippen molar-refractivity contribution in [1.29, 1.82) is 0 Å². The van der Waals surface area contributed by atoms with Crippen molar-refractivity contribution in [1.82, 2.24) is 15.0 Å². The van der Waals surface area contributed by atoms with Crippen molar-refractivity contribution in [3.8, 4) is 0 Å². The minimum absolute atomic E-state index is 1.64. The molecule has 0 spiro atoms. The van der Waals surface area contributed by atoms with E-state index < -0.39 is 0 Å². The number of nitrogens with zero attached hydrogens (tertiary/aromatic N) is 3. The molecule has 1 rings (SSSR count). The summed E-state index contributed by atoms with van der Waals surface area (Å²) >= 11 is 0. The lowest BCUT2D eigenvalue weighted by Gasteiger charge is -1.74. The monoisotopic (exact) mass is 113 g/mol. The maximum absolute atomic E-state index is 3.58. The molecule has 0 bridgehead atoms. The highest BCUT2D eigenvalue weighted by atomic mass is 15.4. The lowest BCUT2D eigenvalue weighted by Crippen LogP contribution is -1.85. The normalized spacial score (nSPS) is 7.38. The molecule has 46 valence electrons. The first-order valence-corrected chi connectivity index (χ1v) is 2.70. The van der Waals surface area contributed by atoms with Gasteiger partial charge in [0, 0.05) is 13.2 Å². The van der Waals surface area contributed by atoms with Crippen molar-refractivity contribution in [2.75, 3.05) is 0 Å². The zero-order valence-corrected chi connectivity index (χ0v) is 5.50. The van der Waals surface area contributed by atoms with E-state index >= 15 is 0 Å². The fourth-order valence-corrected chi connectivity index (χ4v) is 0.267. The molecule has 0 aromatic carbocycles. The summed E-state index contributed by atoms with van der Waals surface area (Å²) in [6.07, 6.45) is 3.42. The van der Waals surface area contributed by atoms with Crippen LogP contribution in [-0.4, -0.2) is 15.0 Å². The molecular weight excluding hydrogens is 102 g/mol. The minimum atomic E-state index is 1.64. The lowest BCUT2D eigenvalue weighted by molar-refractivity contribution is 0.715. The molecule has 8 heavy (non-hydrogen) atoms. The molecule has 1 aromatic heterocycles. The Morgan fingerprint density at radius 3 is 2.12 bits per heavy atom. The van der Waals surface area contributed by atoms with Gasteiger partial charge in [-0.3, -0.25) is 4.68 Å². The summed E-state index contributed by atoms with van der Waals surface area (Å²) in [7, 11) is 1.83. The third kappa shape index (κ3) is 2.34. The first-order chi connectivity index (χ1) is 3.89. The predicted molar refractivity (Wildman–Crippen MR) is 32.4 cm³/mol. The molecule has 0 aliphatic carbocycles. The Morgan fingerprint density at radius 2 is 2.00 bits per heavy atom. The molecule has 0 N–H and O–H groups in total. The van der Waals surface area contributed by atoms with Gasteiger partial charge in [-0.15, -0.1) is 5.10 Å². The first-order valence-electron chi connectivity index (χ1n) is 2.70. The SMILES string of the molecule is CC.Cn1ccnn1. The summed E-state index contributed by atoms with van der Waals surface area (Å²) in [5, 5.41) is 7.12. The van der Waals surface area contributed by atoms with E-state index in [9.17, 15) is 0 Å². The fourth-order valence-electron chi connectivity index (χ4n) is 0.267. The van der Waals surface area contributed by atoms with Crippen LogP contribution >= 0.6 is 0 Å². The van der Waals surface area contributed by atoms with Crippen molar-refractivity contribution in [3.05, 3.63) is 12.4 Å². The van der Waals surface area contributed by atoms with Crippen molar-refractivity contribution < 1.29 is 0 Å². The minimum Gasteiger partial charge on any atom is -0.256 e. The summed E-state index contributed by atoms with van der Waals surface area (Å²) in [5.74, 6) is 0. The van der Waals surface area contributed by atoms with Gasteiger partial charge in [0.05, 0.1) is 6.20 Å². The summed E-state index contributed by atoms with van der Waals surface area (Å²) in [4.78, 5) is 0. The second-order valence-electron chi connectivity index (χ2n) is 1.08. The third-order valence-corrected chi connectivity index (χ3v) is 0.542. The third-order valence-electron chi connectivity index (χ3n) is 0.542. The molecule has 0 fully saturated rings. The van der Waals surface area contributed by atoms with Gasteiger partial charge < -0.3 is 0 Å². The van der Waals surface area contributed by atoms with Crippen LogP contribution in [0.2, 0.25) is 0 Å². The van der Waals surface area contributed by atoms with Crippen LogP contribution in [0.25, 0.3) is 0 Å². The molecular formula is C5H11N3. The second-order valence-corrected chi connectivity index (χ2v) is 1.08. The Labute approximate surface area is 49.3 Å². The van der Waals surface area contributed by atoms with E-state index in [1.807, 2.05) is 20.9 Å².